The molecule has 3 amide bonds. The largest absolute Gasteiger partial charge is 0.379 e. The number of aryl methyl sites for hydroxylation is 1. The molecule has 4 rings (SSSR count). The van der Waals surface area contributed by atoms with Gasteiger partial charge in [-0.3, -0.25) is 24.2 Å². The Balaban J connectivity index is 0.00000289. The number of imide groups is 1. The number of halogens is 1. The number of nitrogens with one attached hydrogen (secondary N) is 1. The zero-order chi connectivity index (χ0) is 21.8. The number of benzene rings is 2. The van der Waals surface area contributed by atoms with E-state index in [9.17, 15) is 14.4 Å². The van der Waals surface area contributed by atoms with Crippen LogP contribution >= 0.6 is 12.4 Å². The second-order valence-corrected chi connectivity index (χ2v) is 8.01. The first-order valence-electron chi connectivity index (χ1n) is 10.7. The maximum Gasteiger partial charge on any atom is 0.261 e. The van der Waals surface area contributed by atoms with Crippen molar-refractivity contribution in [3.63, 3.8) is 0 Å². The van der Waals surface area contributed by atoms with Gasteiger partial charge in [-0.2, -0.15) is 0 Å². The maximum atomic E-state index is 12.9. The van der Waals surface area contributed by atoms with Gasteiger partial charge in [-0.1, -0.05) is 29.8 Å². The highest BCUT2D eigenvalue weighted by atomic mass is 35.5. The molecule has 0 saturated carbocycles. The van der Waals surface area contributed by atoms with E-state index in [4.69, 9.17) is 4.74 Å². The van der Waals surface area contributed by atoms with E-state index in [1.54, 1.807) is 12.1 Å². The molecule has 0 aromatic heterocycles. The molecule has 0 unspecified atom stereocenters. The first kappa shape index (κ1) is 23.9. The standard InChI is InChI=1S/C24H27N3O4.ClH/c1-17-4-2-5-18(14-17)16-27-23(29)20-7-6-19(15-21(20)24(27)30)22(28)25-8-3-9-26-10-12-31-13-11-26;/h2,4-7,14-15H,3,8-13,16H2,1H3,(H,25,28);1H. The molecular weight excluding hydrogens is 430 g/mol. The SMILES string of the molecule is Cc1cccc(CN2C(=O)c3ccc(C(=O)NCCCN4CCOCC4)cc3C2=O)c1.Cl. The minimum atomic E-state index is -0.358. The van der Waals surface area contributed by atoms with E-state index in [2.05, 4.69) is 10.2 Å². The van der Waals surface area contributed by atoms with Gasteiger partial charge in [0.2, 0.25) is 0 Å². The lowest BCUT2D eigenvalue weighted by atomic mass is 10.1. The fourth-order valence-corrected chi connectivity index (χ4v) is 4.00. The average molecular weight is 458 g/mol. The molecule has 0 atom stereocenters. The van der Waals surface area contributed by atoms with Gasteiger partial charge < -0.3 is 10.1 Å². The molecule has 7 nitrogen and oxygen atoms in total. The lowest BCUT2D eigenvalue weighted by Crippen LogP contribution is -2.38. The zero-order valence-corrected chi connectivity index (χ0v) is 19.0. The van der Waals surface area contributed by atoms with E-state index in [-0.39, 0.29) is 36.7 Å². The Labute approximate surface area is 194 Å². The molecule has 1 fully saturated rings. The van der Waals surface area contributed by atoms with Crippen LogP contribution in [0.15, 0.2) is 42.5 Å². The fourth-order valence-electron chi connectivity index (χ4n) is 4.00. The third kappa shape index (κ3) is 5.35. The number of morpholine rings is 1. The summed E-state index contributed by atoms with van der Waals surface area (Å²) >= 11 is 0. The average Bonchev–Trinajstić information content (AvgIpc) is 3.02. The van der Waals surface area contributed by atoms with Gasteiger partial charge >= 0.3 is 0 Å². The highest BCUT2D eigenvalue weighted by Crippen LogP contribution is 2.26. The third-order valence-electron chi connectivity index (χ3n) is 5.70. The molecule has 1 saturated heterocycles. The Kier molecular flexibility index (Phi) is 8.01. The van der Waals surface area contributed by atoms with Crippen molar-refractivity contribution in [2.75, 3.05) is 39.4 Å². The van der Waals surface area contributed by atoms with Gasteiger partial charge in [-0.05, 0) is 43.7 Å². The van der Waals surface area contributed by atoms with Crippen molar-refractivity contribution in [2.24, 2.45) is 0 Å². The van der Waals surface area contributed by atoms with Crippen molar-refractivity contribution < 1.29 is 19.1 Å². The summed E-state index contributed by atoms with van der Waals surface area (Å²) in [6.07, 6.45) is 0.846. The van der Waals surface area contributed by atoms with Crippen LogP contribution in [0.3, 0.4) is 0 Å². The Morgan fingerprint density at radius 2 is 1.78 bits per heavy atom. The topological polar surface area (TPSA) is 79.0 Å². The van der Waals surface area contributed by atoms with Gasteiger partial charge in [0.15, 0.2) is 0 Å². The molecule has 0 spiro atoms. The van der Waals surface area contributed by atoms with Crippen LogP contribution in [0.4, 0.5) is 0 Å². The summed E-state index contributed by atoms with van der Waals surface area (Å²) in [5.74, 6) is -0.912. The van der Waals surface area contributed by atoms with Gasteiger partial charge in [0.1, 0.15) is 0 Å². The van der Waals surface area contributed by atoms with Crippen LogP contribution in [0.25, 0.3) is 0 Å². The quantitative estimate of drug-likeness (QED) is 0.511. The summed E-state index contributed by atoms with van der Waals surface area (Å²) in [6, 6.07) is 12.4. The highest BCUT2D eigenvalue weighted by Gasteiger charge is 2.36. The molecule has 1 N–H and O–H groups in total. The minimum Gasteiger partial charge on any atom is -0.379 e. The smallest absolute Gasteiger partial charge is 0.261 e. The number of carbonyl (C=O) groups excluding carboxylic acids is 3. The number of hydrogen-bond donors (Lipinski definition) is 1. The molecule has 2 aliphatic heterocycles. The molecule has 2 aliphatic rings. The summed E-state index contributed by atoms with van der Waals surface area (Å²) < 4.78 is 5.33. The predicted octanol–water partition coefficient (Wildman–Crippen LogP) is 2.67. The van der Waals surface area contributed by atoms with Crippen LogP contribution < -0.4 is 5.32 Å². The molecule has 32 heavy (non-hydrogen) atoms. The number of nitrogens with zero attached hydrogens (tertiary/aromatic N) is 2. The predicted molar refractivity (Wildman–Crippen MR) is 123 cm³/mol. The number of fused-ring (bicyclic) bond motifs is 1. The monoisotopic (exact) mass is 457 g/mol. The summed E-state index contributed by atoms with van der Waals surface area (Å²) in [6.45, 7) is 7.02. The van der Waals surface area contributed by atoms with Crippen molar-refractivity contribution in [3.8, 4) is 0 Å². The lowest BCUT2D eigenvalue weighted by molar-refractivity contribution is 0.0374. The van der Waals surface area contributed by atoms with Crippen LogP contribution in [0.1, 0.15) is 48.6 Å². The van der Waals surface area contributed by atoms with Crippen LogP contribution in [0.5, 0.6) is 0 Å². The van der Waals surface area contributed by atoms with Gasteiger partial charge in [0.05, 0.1) is 30.9 Å². The zero-order valence-electron chi connectivity index (χ0n) is 18.1. The van der Waals surface area contributed by atoms with Gasteiger partial charge in [-0.15, -0.1) is 12.4 Å². The minimum absolute atomic E-state index is 0. The third-order valence-corrected chi connectivity index (χ3v) is 5.70. The Hall–Kier alpha value is -2.74. The Morgan fingerprint density at radius 1 is 1.03 bits per heavy atom. The van der Waals surface area contributed by atoms with Crippen LogP contribution in [0.2, 0.25) is 0 Å². The fraction of sp³-hybridized carbons (Fsp3) is 0.375. The van der Waals surface area contributed by atoms with E-state index in [0.717, 1.165) is 50.4 Å². The maximum absolute atomic E-state index is 12.9. The van der Waals surface area contributed by atoms with Crippen LogP contribution in [-0.4, -0.2) is 66.9 Å². The number of amides is 3. The Bertz CT molecular complexity index is 1000. The molecule has 2 aromatic carbocycles. The summed E-state index contributed by atoms with van der Waals surface area (Å²) in [4.78, 5) is 41.7. The second-order valence-electron chi connectivity index (χ2n) is 8.01. The van der Waals surface area contributed by atoms with E-state index >= 15 is 0 Å². The highest BCUT2D eigenvalue weighted by molar-refractivity contribution is 6.22. The molecule has 0 aliphatic carbocycles. The second kappa shape index (κ2) is 10.7. The molecule has 2 aromatic rings. The number of carbonyl (C=O) groups is 3. The molecular formula is C24H28ClN3O4. The first-order valence-corrected chi connectivity index (χ1v) is 10.7. The van der Waals surface area contributed by atoms with Crippen molar-refractivity contribution in [2.45, 2.75) is 19.9 Å². The van der Waals surface area contributed by atoms with E-state index in [1.165, 1.54) is 11.0 Å². The molecule has 2 heterocycles. The van der Waals surface area contributed by atoms with Gasteiger partial charge in [0.25, 0.3) is 17.7 Å². The number of ether oxygens (including phenoxy) is 1. The summed E-state index contributed by atoms with van der Waals surface area (Å²) in [7, 11) is 0. The van der Waals surface area contributed by atoms with E-state index in [1.807, 2.05) is 31.2 Å². The van der Waals surface area contributed by atoms with Crippen molar-refractivity contribution in [1.82, 2.24) is 15.1 Å². The molecule has 0 bridgehead atoms. The lowest BCUT2D eigenvalue weighted by Gasteiger charge is -2.26. The molecule has 8 heteroatoms. The first-order chi connectivity index (χ1) is 15.0. The van der Waals surface area contributed by atoms with Crippen molar-refractivity contribution >= 4 is 30.1 Å². The van der Waals surface area contributed by atoms with Crippen molar-refractivity contribution in [1.29, 1.82) is 0 Å². The molecule has 0 radical (unpaired) electrons. The van der Waals surface area contributed by atoms with Crippen LogP contribution in [0, 0.1) is 6.92 Å². The van der Waals surface area contributed by atoms with E-state index < -0.39 is 0 Å². The van der Waals surface area contributed by atoms with Crippen LogP contribution in [-0.2, 0) is 11.3 Å². The molecule has 170 valence electrons. The summed E-state index contributed by atoms with van der Waals surface area (Å²) in [5.41, 5.74) is 3.00. The summed E-state index contributed by atoms with van der Waals surface area (Å²) in [5, 5.41) is 2.91. The van der Waals surface area contributed by atoms with Gasteiger partial charge in [-0.25, -0.2) is 0 Å². The number of rotatable bonds is 7. The normalized spacial score (nSPS) is 16.0. The Morgan fingerprint density at radius 3 is 2.53 bits per heavy atom. The number of hydrogen-bond acceptors (Lipinski definition) is 5. The van der Waals surface area contributed by atoms with Gasteiger partial charge in [0, 0.05) is 25.2 Å². The van der Waals surface area contributed by atoms with Crippen molar-refractivity contribution in [3.05, 3.63) is 70.3 Å². The van der Waals surface area contributed by atoms with E-state index in [0.29, 0.717) is 23.2 Å².